The van der Waals surface area contributed by atoms with E-state index in [1.54, 1.807) is 18.4 Å². The Morgan fingerprint density at radius 1 is 1.38 bits per heavy atom. The number of nitrogens with zero attached hydrogens (tertiary/aromatic N) is 4. The van der Waals surface area contributed by atoms with E-state index in [2.05, 4.69) is 10.1 Å². The highest BCUT2D eigenvalue weighted by Crippen LogP contribution is 2.25. The van der Waals surface area contributed by atoms with E-state index < -0.39 is 0 Å². The average molecular weight is 322 g/mol. The first kappa shape index (κ1) is 14.2. The van der Waals surface area contributed by atoms with Crippen LogP contribution in [0.5, 0.6) is 0 Å². The summed E-state index contributed by atoms with van der Waals surface area (Å²) in [6.07, 6.45) is 2.27. The summed E-state index contributed by atoms with van der Waals surface area (Å²) >= 11 is 3.06. The molecule has 21 heavy (non-hydrogen) atoms. The molecule has 0 unspecified atom stereocenters. The summed E-state index contributed by atoms with van der Waals surface area (Å²) in [7, 11) is 1.64. The summed E-state index contributed by atoms with van der Waals surface area (Å²) in [5.41, 5.74) is 1.79. The van der Waals surface area contributed by atoms with E-state index in [0.717, 1.165) is 17.7 Å². The summed E-state index contributed by atoms with van der Waals surface area (Å²) < 4.78 is 7.89. The molecule has 0 fully saturated rings. The lowest BCUT2D eigenvalue weighted by atomic mass is 10.3. The number of hydrogen-bond acceptors (Lipinski definition) is 6. The fourth-order valence-corrected chi connectivity index (χ4v) is 3.34. The van der Waals surface area contributed by atoms with Crippen molar-refractivity contribution in [3.8, 4) is 16.4 Å². The Labute approximate surface area is 129 Å². The molecule has 8 heteroatoms. The summed E-state index contributed by atoms with van der Waals surface area (Å²) in [6.45, 7) is 1.15. The van der Waals surface area contributed by atoms with Crippen molar-refractivity contribution in [3.05, 3.63) is 39.0 Å². The molecule has 0 N–H and O–H groups in total. The Hall–Kier alpha value is -1.77. The number of aryl methyl sites for hydroxylation is 1. The normalized spacial score (nSPS) is 11.1. The van der Waals surface area contributed by atoms with Gasteiger partial charge in [-0.25, -0.2) is 19.0 Å². The van der Waals surface area contributed by atoms with Crippen LogP contribution in [-0.2, 0) is 11.3 Å². The standard InChI is InChI=1S/C13H14N4O2S2/c1-19-5-2-4-17-13(18)16(9-14-17)12-15-11(8-21-12)10-3-6-20-7-10/h3,6-9H,2,4-5H2,1H3. The highest BCUT2D eigenvalue weighted by molar-refractivity contribution is 7.12. The number of ether oxygens (including phenoxy) is 1. The minimum absolute atomic E-state index is 0.169. The molecule has 3 aromatic rings. The van der Waals surface area contributed by atoms with E-state index in [0.29, 0.717) is 18.3 Å². The first-order chi connectivity index (χ1) is 10.3. The van der Waals surface area contributed by atoms with Crippen molar-refractivity contribution in [2.24, 2.45) is 0 Å². The molecular weight excluding hydrogens is 308 g/mol. The van der Waals surface area contributed by atoms with Gasteiger partial charge in [-0.15, -0.1) is 11.3 Å². The number of hydrogen-bond donors (Lipinski definition) is 0. The molecule has 0 radical (unpaired) electrons. The number of rotatable bonds is 6. The topological polar surface area (TPSA) is 61.9 Å². The van der Waals surface area contributed by atoms with Crippen LogP contribution in [0.3, 0.4) is 0 Å². The molecule has 3 heterocycles. The molecule has 0 aromatic carbocycles. The zero-order chi connectivity index (χ0) is 14.7. The second-order valence-corrected chi connectivity index (χ2v) is 6.00. The minimum atomic E-state index is -0.169. The van der Waals surface area contributed by atoms with Crippen LogP contribution in [0, 0.1) is 0 Å². The third-order valence-corrected chi connectivity index (χ3v) is 4.49. The van der Waals surface area contributed by atoms with E-state index in [9.17, 15) is 4.79 Å². The van der Waals surface area contributed by atoms with Crippen LogP contribution < -0.4 is 5.69 Å². The summed E-state index contributed by atoms with van der Waals surface area (Å²) in [6, 6.07) is 2.01. The highest BCUT2D eigenvalue weighted by atomic mass is 32.1. The van der Waals surface area contributed by atoms with Crippen molar-refractivity contribution >= 4 is 22.7 Å². The number of thiazole rings is 1. The van der Waals surface area contributed by atoms with E-state index in [-0.39, 0.29) is 5.69 Å². The lowest BCUT2D eigenvalue weighted by Gasteiger charge is -1.98. The molecule has 0 bridgehead atoms. The van der Waals surface area contributed by atoms with Crippen molar-refractivity contribution in [1.82, 2.24) is 19.3 Å². The minimum Gasteiger partial charge on any atom is -0.385 e. The molecule has 3 rings (SSSR count). The van der Waals surface area contributed by atoms with Crippen LogP contribution in [-0.4, -0.2) is 33.0 Å². The molecule has 0 atom stereocenters. The maximum absolute atomic E-state index is 12.3. The van der Waals surface area contributed by atoms with Gasteiger partial charge in [-0.05, 0) is 17.9 Å². The second-order valence-electron chi connectivity index (χ2n) is 4.38. The molecule has 0 aliphatic carbocycles. The zero-order valence-electron chi connectivity index (χ0n) is 11.4. The molecule has 0 amide bonds. The van der Waals surface area contributed by atoms with Crippen molar-refractivity contribution in [2.45, 2.75) is 13.0 Å². The summed E-state index contributed by atoms with van der Waals surface area (Å²) in [5.74, 6) is 0. The van der Waals surface area contributed by atoms with Gasteiger partial charge in [0.1, 0.15) is 6.33 Å². The van der Waals surface area contributed by atoms with Gasteiger partial charge in [0, 0.05) is 36.6 Å². The fourth-order valence-electron chi connectivity index (χ4n) is 1.90. The van der Waals surface area contributed by atoms with Crippen LogP contribution in [0.2, 0.25) is 0 Å². The van der Waals surface area contributed by atoms with Crippen molar-refractivity contribution < 1.29 is 4.74 Å². The Morgan fingerprint density at radius 3 is 3.05 bits per heavy atom. The largest absolute Gasteiger partial charge is 0.385 e. The number of methoxy groups -OCH3 is 1. The first-order valence-electron chi connectivity index (χ1n) is 6.41. The van der Waals surface area contributed by atoms with Gasteiger partial charge in [0.25, 0.3) is 0 Å². The third-order valence-electron chi connectivity index (χ3n) is 2.97. The Balaban J connectivity index is 1.83. The second kappa shape index (κ2) is 6.33. The van der Waals surface area contributed by atoms with Gasteiger partial charge >= 0.3 is 5.69 Å². The van der Waals surface area contributed by atoms with E-state index in [1.807, 2.05) is 22.2 Å². The smallest absolute Gasteiger partial charge is 0.352 e. The molecule has 6 nitrogen and oxygen atoms in total. The van der Waals surface area contributed by atoms with Crippen LogP contribution in [0.25, 0.3) is 16.4 Å². The molecule has 0 aliphatic rings. The van der Waals surface area contributed by atoms with Gasteiger partial charge in [-0.2, -0.15) is 16.4 Å². The summed E-state index contributed by atoms with van der Waals surface area (Å²) in [5, 5.41) is 10.8. The predicted molar refractivity (Wildman–Crippen MR) is 83.3 cm³/mol. The molecule has 110 valence electrons. The van der Waals surface area contributed by atoms with Crippen LogP contribution in [0.15, 0.2) is 33.3 Å². The Kier molecular flexibility index (Phi) is 4.28. The van der Waals surface area contributed by atoms with Gasteiger partial charge in [0.2, 0.25) is 0 Å². The molecule has 3 aromatic heterocycles. The van der Waals surface area contributed by atoms with Crippen molar-refractivity contribution in [3.63, 3.8) is 0 Å². The Bertz CT molecular complexity index is 757. The lowest BCUT2D eigenvalue weighted by Crippen LogP contribution is -2.24. The highest BCUT2D eigenvalue weighted by Gasteiger charge is 2.11. The molecule has 0 aliphatic heterocycles. The SMILES string of the molecule is COCCCn1ncn(-c2nc(-c3ccsc3)cs2)c1=O. The van der Waals surface area contributed by atoms with Crippen LogP contribution >= 0.6 is 22.7 Å². The molecule has 0 saturated heterocycles. The lowest BCUT2D eigenvalue weighted by molar-refractivity contribution is 0.188. The quantitative estimate of drug-likeness (QED) is 0.653. The molecule has 0 saturated carbocycles. The maximum atomic E-state index is 12.3. The van der Waals surface area contributed by atoms with E-state index in [4.69, 9.17) is 4.74 Å². The van der Waals surface area contributed by atoms with Crippen molar-refractivity contribution in [2.75, 3.05) is 13.7 Å². The van der Waals surface area contributed by atoms with E-state index in [1.165, 1.54) is 26.9 Å². The van der Waals surface area contributed by atoms with Gasteiger partial charge in [-0.1, -0.05) is 0 Å². The van der Waals surface area contributed by atoms with Crippen molar-refractivity contribution in [1.29, 1.82) is 0 Å². The number of thiophene rings is 1. The zero-order valence-corrected chi connectivity index (χ0v) is 13.1. The summed E-state index contributed by atoms with van der Waals surface area (Å²) in [4.78, 5) is 16.8. The first-order valence-corrected chi connectivity index (χ1v) is 8.23. The molecular formula is C13H14N4O2S2. The van der Waals surface area contributed by atoms with Crippen LogP contribution in [0.4, 0.5) is 0 Å². The van der Waals surface area contributed by atoms with Gasteiger partial charge in [0.05, 0.1) is 5.69 Å². The predicted octanol–water partition coefficient (Wildman–Crippen LogP) is 2.26. The monoisotopic (exact) mass is 322 g/mol. The van der Waals surface area contributed by atoms with Gasteiger partial charge in [-0.3, -0.25) is 0 Å². The molecule has 0 spiro atoms. The fraction of sp³-hybridized carbons (Fsp3) is 0.308. The Morgan fingerprint density at radius 2 is 2.29 bits per heavy atom. The third kappa shape index (κ3) is 2.97. The van der Waals surface area contributed by atoms with E-state index >= 15 is 0 Å². The van der Waals surface area contributed by atoms with Crippen LogP contribution in [0.1, 0.15) is 6.42 Å². The maximum Gasteiger partial charge on any atom is 0.352 e. The van der Waals surface area contributed by atoms with Gasteiger partial charge in [0.15, 0.2) is 5.13 Å². The number of aromatic nitrogens is 4. The average Bonchev–Trinajstić information content (AvgIpc) is 3.19. The van der Waals surface area contributed by atoms with Gasteiger partial charge < -0.3 is 4.74 Å².